The van der Waals surface area contributed by atoms with Crippen LogP contribution in [0, 0.1) is 5.92 Å². The van der Waals surface area contributed by atoms with Crippen LogP contribution in [0.25, 0.3) is 0 Å². The van der Waals surface area contributed by atoms with Gasteiger partial charge in [-0.15, -0.1) is 0 Å². The number of carbonyl (C=O) groups excluding carboxylic acids is 1. The first-order valence-corrected chi connectivity index (χ1v) is 7.85. The Labute approximate surface area is 136 Å². The van der Waals surface area contributed by atoms with Gasteiger partial charge in [-0.2, -0.15) is 5.06 Å². The van der Waals surface area contributed by atoms with Gasteiger partial charge in [0.15, 0.2) is 0 Å². The SMILES string of the molecule is CON(Cc1ccccc1)C(=O)NC(c1ccccn1)C1CC1. The van der Waals surface area contributed by atoms with Gasteiger partial charge < -0.3 is 5.32 Å². The number of hydroxylamine groups is 2. The third-order valence-corrected chi connectivity index (χ3v) is 3.99. The lowest BCUT2D eigenvalue weighted by molar-refractivity contribution is -0.0942. The van der Waals surface area contributed by atoms with Gasteiger partial charge in [0, 0.05) is 6.20 Å². The number of nitrogens with one attached hydrogen (secondary N) is 1. The Morgan fingerprint density at radius 3 is 2.61 bits per heavy atom. The smallest absolute Gasteiger partial charge is 0.328 e. The lowest BCUT2D eigenvalue weighted by Gasteiger charge is -2.24. The predicted octanol–water partition coefficient (Wildman–Crippen LogP) is 3.31. The first-order valence-electron chi connectivity index (χ1n) is 7.85. The van der Waals surface area contributed by atoms with Crippen LogP contribution in [0.3, 0.4) is 0 Å². The summed E-state index contributed by atoms with van der Waals surface area (Å²) in [6, 6.07) is 15.3. The Morgan fingerprint density at radius 1 is 1.26 bits per heavy atom. The van der Waals surface area contributed by atoms with Crippen molar-refractivity contribution in [2.75, 3.05) is 7.11 Å². The number of pyridine rings is 1. The molecular weight excluding hydrogens is 290 g/mol. The molecule has 0 spiro atoms. The molecule has 0 radical (unpaired) electrons. The molecule has 0 aliphatic heterocycles. The molecule has 5 nitrogen and oxygen atoms in total. The number of amides is 2. The first-order chi connectivity index (χ1) is 11.3. The quantitative estimate of drug-likeness (QED) is 0.833. The number of urea groups is 1. The second-order valence-corrected chi connectivity index (χ2v) is 5.72. The minimum absolute atomic E-state index is 0.0582. The van der Waals surface area contributed by atoms with Crippen LogP contribution in [-0.2, 0) is 11.4 Å². The van der Waals surface area contributed by atoms with Crippen molar-refractivity contribution in [2.24, 2.45) is 5.92 Å². The normalized spacial score (nSPS) is 15.0. The van der Waals surface area contributed by atoms with E-state index in [1.165, 1.54) is 12.2 Å². The summed E-state index contributed by atoms with van der Waals surface area (Å²) < 4.78 is 0. The number of benzene rings is 1. The van der Waals surface area contributed by atoms with Crippen LogP contribution in [0.2, 0.25) is 0 Å². The van der Waals surface area contributed by atoms with Crippen molar-refractivity contribution < 1.29 is 9.63 Å². The van der Waals surface area contributed by atoms with E-state index >= 15 is 0 Å². The van der Waals surface area contributed by atoms with Crippen LogP contribution < -0.4 is 5.32 Å². The van der Waals surface area contributed by atoms with Crippen LogP contribution in [0.1, 0.15) is 30.1 Å². The molecular formula is C18H21N3O2. The zero-order chi connectivity index (χ0) is 16.1. The number of carbonyl (C=O) groups is 1. The third-order valence-electron chi connectivity index (χ3n) is 3.99. The lowest BCUT2D eigenvalue weighted by Crippen LogP contribution is -2.41. The maximum Gasteiger partial charge on any atom is 0.342 e. The number of aromatic nitrogens is 1. The highest BCUT2D eigenvalue weighted by Crippen LogP contribution is 2.40. The molecule has 1 N–H and O–H groups in total. The average molecular weight is 311 g/mol. The van der Waals surface area contributed by atoms with Crippen molar-refractivity contribution in [1.82, 2.24) is 15.4 Å². The van der Waals surface area contributed by atoms with Crippen LogP contribution in [0.5, 0.6) is 0 Å². The molecule has 120 valence electrons. The second-order valence-electron chi connectivity index (χ2n) is 5.72. The summed E-state index contributed by atoms with van der Waals surface area (Å²) in [4.78, 5) is 22.2. The molecule has 1 aliphatic rings. The predicted molar refractivity (Wildman–Crippen MR) is 87.2 cm³/mol. The van der Waals surface area contributed by atoms with Gasteiger partial charge in [-0.05, 0) is 36.5 Å². The monoisotopic (exact) mass is 311 g/mol. The van der Waals surface area contributed by atoms with Crippen molar-refractivity contribution in [3.63, 3.8) is 0 Å². The van der Waals surface area contributed by atoms with Gasteiger partial charge in [0.25, 0.3) is 0 Å². The molecule has 23 heavy (non-hydrogen) atoms. The van der Waals surface area contributed by atoms with Crippen LogP contribution in [0.15, 0.2) is 54.7 Å². The Kier molecular flexibility index (Phi) is 4.88. The maximum atomic E-state index is 12.6. The van der Waals surface area contributed by atoms with Gasteiger partial charge in [0.2, 0.25) is 0 Å². The summed E-state index contributed by atoms with van der Waals surface area (Å²) in [7, 11) is 1.51. The van der Waals surface area contributed by atoms with Crippen LogP contribution in [-0.4, -0.2) is 23.2 Å². The van der Waals surface area contributed by atoms with Gasteiger partial charge in [-0.3, -0.25) is 9.82 Å². The number of rotatable bonds is 6. The third kappa shape index (κ3) is 4.07. The number of hydrogen-bond donors (Lipinski definition) is 1. The molecule has 5 heteroatoms. The molecule has 2 amide bonds. The van der Waals surface area contributed by atoms with Crippen LogP contribution >= 0.6 is 0 Å². The molecule has 1 fully saturated rings. The topological polar surface area (TPSA) is 54.5 Å². The maximum absolute atomic E-state index is 12.6. The van der Waals surface area contributed by atoms with Gasteiger partial charge in [0.05, 0.1) is 25.4 Å². The Morgan fingerprint density at radius 2 is 2.00 bits per heavy atom. The van der Waals surface area contributed by atoms with Crippen molar-refractivity contribution in [1.29, 1.82) is 0 Å². The fraction of sp³-hybridized carbons (Fsp3) is 0.333. The molecule has 0 saturated heterocycles. The van der Waals surface area contributed by atoms with Crippen molar-refractivity contribution in [2.45, 2.75) is 25.4 Å². The Balaban J connectivity index is 1.68. The van der Waals surface area contributed by atoms with Gasteiger partial charge in [-0.1, -0.05) is 36.4 Å². The molecule has 1 aliphatic carbocycles. The van der Waals surface area contributed by atoms with E-state index in [1.807, 2.05) is 48.5 Å². The zero-order valence-corrected chi connectivity index (χ0v) is 13.2. The summed E-state index contributed by atoms with van der Waals surface area (Å²) in [5, 5.41) is 4.41. The van der Waals surface area contributed by atoms with Gasteiger partial charge in [0.1, 0.15) is 0 Å². The van der Waals surface area contributed by atoms with E-state index in [-0.39, 0.29) is 12.1 Å². The van der Waals surface area contributed by atoms with Crippen molar-refractivity contribution >= 4 is 6.03 Å². The molecule has 2 aromatic rings. The largest absolute Gasteiger partial charge is 0.342 e. The summed E-state index contributed by atoms with van der Waals surface area (Å²) in [5.74, 6) is 0.462. The zero-order valence-electron chi connectivity index (χ0n) is 13.2. The van der Waals surface area contributed by atoms with Crippen molar-refractivity contribution in [3.8, 4) is 0 Å². The Bertz CT molecular complexity index is 629. The summed E-state index contributed by atoms with van der Waals surface area (Å²) in [6.07, 6.45) is 4.00. The molecule has 1 saturated carbocycles. The number of hydrogen-bond acceptors (Lipinski definition) is 3. The summed E-state index contributed by atoms with van der Waals surface area (Å²) in [6.45, 7) is 0.406. The van der Waals surface area contributed by atoms with E-state index in [0.717, 1.165) is 24.1 Å². The standard InChI is InChI=1S/C18H21N3O2/c1-23-21(13-14-7-3-2-4-8-14)18(22)20-17(15-10-11-15)16-9-5-6-12-19-16/h2-9,12,15,17H,10-11,13H2,1H3,(H,20,22). The van der Waals surface area contributed by atoms with E-state index < -0.39 is 0 Å². The van der Waals surface area contributed by atoms with Crippen LogP contribution in [0.4, 0.5) is 4.79 Å². The minimum atomic E-state index is -0.237. The summed E-state index contributed by atoms with van der Waals surface area (Å²) in [5.41, 5.74) is 1.92. The lowest BCUT2D eigenvalue weighted by atomic mass is 10.1. The molecule has 1 aromatic carbocycles. The van der Waals surface area contributed by atoms with Gasteiger partial charge >= 0.3 is 6.03 Å². The minimum Gasteiger partial charge on any atom is -0.328 e. The van der Waals surface area contributed by atoms with E-state index in [0.29, 0.717) is 12.5 Å². The van der Waals surface area contributed by atoms with Crippen molar-refractivity contribution in [3.05, 3.63) is 66.0 Å². The fourth-order valence-electron chi connectivity index (χ4n) is 2.60. The summed E-state index contributed by atoms with van der Waals surface area (Å²) >= 11 is 0. The molecule has 1 atom stereocenters. The Hall–Kier alpha value is -2.40. The second kappa shape index (κ2) is 7.24. The van der Waals surface area contributed by atoms with E-state index in [2.05, 4.69) is 10.3 Å². The highest BCUT2D eigenvalue weighted by Gasteiger charge is 2.35. The molecule has 1 heterocycles. The fourth-order valence-corrected chi connectivity index (χ4v) is 2.60. The average Bonchev–Trinajstić information content (AvgIpc) is 3.44. The van der Waals surface area contributed by atoms with E-state index in [4.69, 9.17) is 4.84 Å². The molecule has 3 rings (SSSR count). The van der Waals surface area contributed by atoms with E-state index in [9.17, 15) is 4.79 Å². The van der Waals surface area contributed by atoms with E-state index in [1.54, 1.807) is 6.20 Å². The highest BCUT2D eigenvalue weighted by molar-refractivity contribution is 5.73. The number of nitrogens with zero attached hydrogens (tertiary/aromatic N) is 2. The molecule has 1 aromatic heterocycles. The first kappa shape index (κ1) is 15.5. The van der Waals surface area contributed by atoms with Gasteiger partial charge in [-0.25, -0.2) is 4.79 Å². The molecule has 1 unspecified atom stereocenters. The molecule has 0 bridgehead atoms. The highest BCUT2D eigenvalue weighted by atomic mass is 16.7.